The van der Waals surface area contributed by atoms with Gasteiger partial charge in [0.25, 0.3) is 5.95 Å². The smallest absolute Gasteiger partial charge is 0.272 e. The molecule has 11 heteroatoms. The van der Waals surface area contributed by atoms with Crippen LogP contribution in [-0.2, 0) is 4.74 Å². The van der Waals surface area contributed by atoms with Gasteiger partial charge in [-0.25, -0.2) is 4.98 Å². The average molecular weight is 337 g/mol. The van der Waals surface area contributed by atoms with Crippen molar-refractivity contribution < 1.29 is 20.1 Å². The third kappa shape index (κ3) is 2.82. The minimum atomic E-state index is -1.25. The maximum absolute atomic E-state index is 10.2. The summed E-state index contributed by atoms with van der Waals surface area (Å²) in [6.07, 6.45) is -2.12. The van der Waals surface area contributed by atoms with Crippen LogP contribution in [-0.4, -0.2) is 66.3 Å². The molecule has 1 saturated heterocycles. The molecule has 11 nitrogen and oxygen atoms in total. The summed E-state index contributed by atoms with van der Waals surface area (Å²) < 4.78 is 6.91. The third-order valence-electron chi connectivity index (χ3n) is 3.71. The zero-order chi connectivity index (χ0) is 17.3. The molecule has 1 aliphatic rings. The molecule has 2 aromatic rings. The topological polar surface area (TPSA) is 164 Å². The van der Waals surface area contributed by atoms with E-state index in [2.05, 4.69) is 25.2 Å². The van der Waals surface area contributed by atoms with Crippen molar-refractivity contribution in [2.24, 2.45) is 10.2 Å². The summed E-state index contributed by atoms with van der Waals surface area (Å²) in [5.41, 5.74) is 6.48. The number of aromatic nitrogens is 4. The Labute approximate surface area is 136 Å². The number of azo groups is 1. The van der Waals surface area contributed by atoms with E-state index in [0.717, 1.165) is 6.42 Å². The van der Waals surface area contributed by atoms with E-state index >= 15 is 0 Å². The van der Waals surface area contributed by atoms with E-state index in [9.17, 15) is 15.3 Å². The van der Waals surface area contributed by atoms with Crippen molar-refractivity contribution in [3.8, 4) is 0 Å². The number of ether oxygens (including phenoxy) is 1. The lowest BCUT2D eigenvalue weighted by molar-refractivity contribution is -0.0511. The van der Waals surface area contributed by atoms with Gasteiger partial charge in [0, 0.05) is 0 Å². The van der Waals surface area contributed by atoms with Crippen molar-refractivity contribution in [2.75, 3.05) is 18.9 Å². The van der Waals surface area contributed by atoms with Gasteiger partial charge in [-0.05, 0) is 6.42 Å². The Morgan fingerprint density at radius 2 is 2.12 bits per heavy atom. The number of hydrogen-bond donors (Lipinski definition) is 4. The first-order valence-corrected chi connectivity index (χ1v) is 7.56. The van der Waals surface area contributed by atoms with Crippen molar-refractivity contribution in [2.45, 2.75) is 37.9 Å². The number of nitrogen functional groups attached to an aromatic ring is 1. The predicted octanol–water partition coefficient (Wildman–Crippen LogP) is -0.486. The first kappa shape index (κ1) is 16.6. The largest absolute Gasteiger partial charge is 0.394 e. The molecule has 0 radical (unpaired) electrons. The number of fused-ring (bicyclic) bond motifs is 1. The van der Waals surface area contributed by atoms with E-state index in [4.69, 9.17) is 10.5 Å². The van der Waals surface area contributed by atoms with E-state index in [1.54, 1.807) is 0 Å². The number of nitrogens with zero attached hydrogens (tertiary/aromatic N) is 6. The molecule has 1 unspecified atom stereocenters. The molecule has 0 aromatic carbocycles. The number of nitrogens with two attached hydrogens (primary N) is 1. The van der Waals surface area contributed by atoms with E-state index in [-0.39, 0.29) is 11.8 Å². The van der Waals surface area contributed by atoms with Gasteiger partial charge in [0.1, 0.15) is 23.8 Å². The molecule has 1 fully saturated rings. The molecule has 130 valence electrons. The molecule has 0 saturated carbocycles. The Balaban J connectivity index is 2.00. The lowest BCUT2D eigenvalue weighted by Crippen LogP contribution is -2.33. The second-order valence-corrected chi connectivity index (χ2v) is 5.43. The van der Waals surface area contributed by atoms with Crippen molar-refractivity contribution >= 4 is 22.9 Å². The van der Waals surface area contributed by atoms with Crippen LogP contribution in [0.2, 0.25) is 0 Å². The number of aliphatic hydroxyl groups excluding tert-OH is 3. The number of anilines is 1. The summed E-state index contributed by atoms with van der Waals surface area (Å²) in [5, 5.41) is 37.1. The van der Waals surface area contributed by atoms with Crippen LogP contribution < -0.4 is 5.73 Å². The van der Waals surface area contributed by atoms with Crippen LogP contribution >= 0.6 is 0 Å². The predicted molar refractivity (Wildman–Crippen MR) is 82.4 cm³/mol. The van der Waals surface area contributed by atoms with Gasteiger partial charge in [-0.15, -0.1) is 5.11 Å². The fourth-order valence-corrected chi connectivity index (χ4v) is 2.48. The maximum atomic E-state index is 10.2. The molecule has 0 amide bonds. The van der Waals surface area contributed by atoms with Gasteiger partial charge < -0.3 is 25.8 Å². The molecule has 24 heavy (non-hydrogen) atoms. The summed E-state index contributed by atoms with van der Waals surface area (Å²) in [7, 11) is 0. The summed E-state index contributed by atoms with van der Waals surface area (Å²) in [6, 6.07) is 0. The third-order valence-corrected chi connectivity index (χ3v) is 3.71. The van der Waals surface area contributed by atoms with Crippen LogP contribution in [0.5, 0.6) is 0 Å². The van der Waals surface area contributed by atoms with Gasteiger partial charge in [-0.1, -0.05) is 6.92 Å². The highest BCUT2D eigenvalue weighted by atomic mass is 16.6. The number of hydrogen-bond acceptors (Lipinski definition) is 10. The Kier molecular flexibility index (Phi) is 4.66. The molecular formula is C13H19N7O4. The summed E-state index contributed by atoms with van der Waals surface area (Å²) >= 11 is 0. The molecule has 3 heterocycles. The summed E-state index contributed by atoms with van der Waals surface area (Å²) in [5.74, 6) is 0.192. The lowest BCUT2D eigenvalue weighted by atomic mass is 10.1. The van der Waals surface area contributed by atoms with E-state index in [1.165, 1.54) is 10.9 Å². The van der Waals surface area contributed by atoms with E-state index in [0.29, 0.717) is 17.7 Å². The molecule has 4 atom stereocenters. The quantitative estimate of drug-likeness (QED) is 0.531. The molecule has 0 spiro atoms. The second kappa shape index (κ2) is 6.73. The standard InChI is InChI=1S/C13H19N7O4/c1-2-3-16-19-13-17-10(14)7-11(18-13)20(5-15-7)12-9(23)8(22)6(4-21)24-12/h5-6,8-9,12,21-23H,2-4H2,1H3,(H2,14,17,18)/t6-,8-,9-,12?/m1/s1. The van der Waals surface area contributed by atoms with Gasteiger partial charge >= 0.3 is 0 Å². The van der Waals surface area contributed by atoms with Crippen LogP contribution in [0.3, 0.4) is 0 Å². The number of rotatable bonds is 5. The van der Waals surface area contributed by atoms with Crippen LogP contribution in [0.15, 0.2) is 16.6 Å². The Morgan fingerprint density at radius 3 is 2.79 bits per heavy atom. The molecular weight excluding hydrogens is 318 g/mol. The van der Waals surface area contributed by atoms with Gasteiger partial charge in [-0.2, -0.15) is 15.1 Å². The molecule has 0 bridgehead atoms. The molecule has 3 rings (SSSR count). The molecule has 0 aliphatic carbocycles. The first-order chi connectivity index (χ1) is 11.6. The van der Waals surface area contributed by atoms with Crippen LogP contribution in [0.25, 0.3) is 11.2 Å². The van der Waals surface area contributed by atoms with Crippen molar-refractivity contribution in [3.05, 3.63) is 6.33 Å². The number of aliphatic hydroxyl groups is 3. The highest BCUT2D eigenvalue weighted by Gasteiger charge is 2.44. The van der Waals surface area contributed by atoms with E-state index < -0.39 is 31.1 Å². The highest BCUT2D eigenvalue weighted by Crippen LogP contribution is 2.32. The highest BCUT2D eigenvalue weighted by molar-refractivity contribution is 5.82. The molecule has 2 aromatic heterocycles. The minimum Gasteiger partial charge on any atom is -0.394 e. The summed E-state index contributed by atoms with van der Waals surface area (Å²) in [4.78, 5) is 12.4. The fourth-order valence-electron chi connectivity index (χ4n) is 2.48. The minimum absolute atomic E-state index is 0.0712. The normalized spacial score (nSPS) is 27.5. The average Bonchev–Trinajstić information content (AvgIpc) is 3.10. The lowest BCUT2D eigenvalue weighted by Gasteiger charge is -2.16. The SMILES string of the molecule is CCCN=Nc1nc(N)c2ncn(C3O[C@H](CO)[C@@H](O)[C@H]3O)c2n1. The zero-order valence-electron chi connectivity index (χ0n) is 13.0. The maximum Gasteiger partial charge on any atom is 0.272 e. The second-order valence-electron chi connectivity index (χ2n) is 5.43. The monoisotopic (exact) mass is 337 g/mol. The van der Waals surface area contributed by atoms with Crippen LogP contribution in [0.1, 0.15) is 19.6 Å². The van der Waals surface area contributed by atoms with Crippen LogP contribution in [0.4, 0.5) is 11.8 Å². The van der Waals surface area contributed by atoms with Crippen molar-refractivity contribution in [1.29, 1.82) is 0 Å². The van der Waals surface area contributed by atoms with Gasteiger partial charge in [0.2, 0.25) is 0 Å². The van der Waals surface area contributed by atoms with Crippen LogP contribution in [0, 0.1) is 0 Å². The van der Waals surface area contributed by atoms with Gasteiger partial charge in [-0.3, -0.25) is 4.57 Å². The van der Waals surface area contributed by atoms with E-state index in [1.807, 2.05) is 6.92 Å². The Hall–Kier alpha value is -2.21. The van der Waals surface area contributed by atoms with Crippen molar-refractivity contribution in [3.63, 3.8) is 0 Å². The number of imidazole rings is 1. The summed E-state index contributed by atoms with van der Waals surface area (Å²) in [6.45, 7) is 2.08. The van der Waals surface area contributed by atoms with Gasteiger partial charge in [0.15, 0.2) is 17.7 Å². The molecule has 1 aliphatic heterocycles. The molecule has 5 N–H and O–H groups in total. The first-order valence-electron chi connectivity index (χ1n) is 7.56. The van der Waals surface area contributed by atoms with Crippen molar-refractivity contribution in [1.82, 2.24) is 19.5 Å². The Morgan fingerprint density at radius 1 is 1.33 bits per heavy atom. The fraction of sp³-hybridized carbons (Fsp3) is 0.615. The van der Waals surface area contributed by atoms with Gasteiger partial charge in [0.05, 0.1) is 19.5 Å². The Bertz CT molecular complexity index is 749. The zero-order valence-corrected chi connectivity index (χ0v) is 13.0.